The lowest BCUT2D eigenvalue weighted by atomic mass is 9.96. The molecule has 7 nitrogen and oxygen atoms in total. The van der Waals surface area contributed by atoms with Gasteiger partial charge in [-0.1, -0.05) is 0 Å². The van der Waals surface area contributed by atoms with Gasteiger partial charge in [0.2, 0.25) is 5.91 Å². The first-order chi connectivity index (χ1) is 8.80. The number of hydrogen-bond acceptors (Lipinski definition) is 7. The number of aromatic nitrogens is 1. The van der Waals surface area contributed by atoms with Gasteiger partial charge < -0.3 is 16.4 Å². The SMILES string of the molecule is CS(=O)(=O)c1c(N)nsc1N1CCC(C(N)=O)CC1. The van der Waals surface area contributed by atoms with E-state index >= 15 is 0 Å². The quantitative estimate of drug-likeness (QED) is 0.800. The zero-order chi connectivity index (χ0) is 14.2. The topological polar surface area (TPSA) is 119 Å². The van der Waals surface area contributed by atoms with Crippen LogP contribution < -0.4 is 16.4 Å². The van der Waals surface area contributed by atoms with Crippen LogP contribution in [0, 0.1) is 5.92 Å². The van der Waals surface area contributed by atoms with Crippen LogP contribution in [-0.4, -0.2) is 38.0 Å². The molecule has 1 fully saturated rings. The fraction of sp³-hybridized carbons (Fsp3) is 0.600. The lowest BCUT2D eigenvalue weighted by molar-refractivity contribution is -0.122. The summed E-state index contributed by atoms with van der Waals surface area (Å²) < 4.78 is 27.4. The molecule has 0 aliphatic carbocycles. The third-order valence-electron chi connectivity index (χ3n) is 3.21. The first-order valence-electron chi connectivity index (χ1n) is 5.80. The Kier molecular flexibility index (Phi) is 3.68. The molecule has 0 bridgehead atoms. The van der Waals surface area contributed by atoms with Crippen molar-refractivity contribution < 1.29 is 13.2 Å². The molecule has 0 saturated carbocycles. The van der Waals surface area contributed by atoms with Crippen LogP contribution in [0.2, 0.25) is 0 Å². The molecule has 1 saturated heterocycles. The molecule has 1 aliphatic rings. The van der Waals surface area contributed by atoms with Crippen LogP contribution in [0.15, 0.2) is 4.90 Å². The number of nitrogens with two attached hydrogens (primary N) is 2. The maximum absolute atomic E-state index is 11.7. The highest BCUT2D eigenvalue weighted by Crippen LogP contribution is 2.36. The summed E-state index contributed by atoms with van der Waals surface area (Å²) >= 11 is 1.07. The van der Waals surface area contributed by atoms with E-state index in [0.29, 0.717) is 30.9 Å². The second-order valence-electron chi connectivity index (χ2n) is 4.64. The molecule has 9 heteroatoms. The highest BCUT2D eigenvalue weighted by Gasteiger charge is 2.29. The Balaban J connectivity index is 2.24. The van der Waals surface area contributed by atoms with Crippen molar-refractivity contribution in [1.29, 1.82) is 0 Å². The molecule has 0 radical (unpaired) electrons. The van der Waals surface area contributed by atoms with E-state index in [0.717, 1.165) is 17.8 Å². The summed E-state index contributed by atoms with van der Waals surface area (Å²) in [6, 6.07) is 0. The van der Waals surface area contributed by atoms with Crippen molar-refractivity contribution in [3.8, 4) is 0 Å². The molecule has 2 heterocycles. The minimum atomic E-state index is -3.41. The molecule has 4 N–H and O–H groups in total. The van der Waals surface area contributed by atoms with Gasteiger partial charge in [-0.15, -0.1) is 0 Å². The van der Waals surface area contributed by atoms with Crippen molar-refractivity contribution in [3.63, 3.8) is 0 Å². The standard InChI is InChI=1S/C10H16N4O3S2/c1-19(16,17)7-8(11)13-18-10(7)14-4-2-6(3-5-14)9(12)15/h6H,2-5H2,1H3,(H2,11,13)(H2,12,15). The van der Waals surface area contributed by atoms with Crippen molar-refractivity contribution in [1.82, 2.24) is 4.37 Å². The van der Waals surface area contributed by atoms with E-state index in [1.165, 1.54) is 0 Å². The Bertz CT molecular complexity index is 588. The van der Waals surface area contributed by atoms with Gasteiger partial charge in [-0.3, -0.25) is 4.79 Å². The molecule has 106 valence electrons. The summed E-state index contributed by atoms with van der Waals surface area (Å²) in [6.07, 6.45) is 2.36. The second kappa shape index (κ2) is 4.97. The van der Waals surface area contributed by atoms with Gasteiger partial charge in [-0.25, -0.2) is 8.42 Å². The summed E-state index contributed by atoms with van der Waals surface area (Å²) in [6.45, 7) is 1.16. The number of piperidine rings is 1. The largest absolute Gasteiger partial charge is 0.382 e. The number of sulfone groups is 1. The number of hydrogen-bond donors (Lipinski definition) is 2. The molecule has 1 amide bonds. The lowest BCUT2D eigenvalue weighted by Crippen LogP contribution is -2.38. The summed E-state index contributed by atoms with van der Waals surface area (Å²) in [5, 5.41) is 0.558. The normalized spacial score (nSPS) is 17.6. The van der Waals surface area contributed by atoms with Gasteiger partial charge in [0, 0.05) is 25.3 Å². The fourth-order valence-corrected chi connectivity index (χ4v) is 4.46. The third-order valence-corrected chi connectivity index (χ3v) is 5.41. The van der Waals surface area contributed by atoms with Crippen LogP contribution in [0.1, 0.15) is 12.8 Å². The van der Waals surface area contributed by atoms with E-state index < -0.39 is 9.84 Å². The summed E-state index contributed by atoms with van der Waals surface area (Å²) in [4.78, 5) is 13.1. The van der Waals surface area contributed by atoms with E-state index in [9.17, 15) is 13.2 Å². The molecule has 2 rings (SSSR count). The molecule has 0 aromatic carbocycles. The maximum atomic E-state index is 11.7. The number of rotatable bonds is 3. The Hall–Kier alpha value is -1.35. The zero-order valence-electron chi connectivity index (χ0n) is 10.5. The molecule has 0 atom stereocenters. The van der Waals surface area contributed by atoms with Crippen molar-refractivity contribution in [2.45, 2.75) is 17.7 Å². The maximum Gasteiger partial charge on any atom is 0.220 e. The summed E-state index contributed by atoms with van der Waals surface area (Å²) in [7, 11) is -3.41. The minimum Gasteiger partial charge on any atom is -0.382 e. The minimum absolute atomic E-state index is 0.0412. The van der Waals surface area contributed by atoms with Gasteiger partial charge in [-0.2, -0.15) is 4.37 Å². The highest BCUT2D eigenvalue weighted by atomic mass is 32.2. The molecule has 0 unspecified atom stereocenters. The lowest BCUT2D eigenvalue weighted by Gasteiger charge is -2.31. The van der Waals surface area contributed by atoms with Gasteiger partial charge in [0.15, 0.2) is 15.7 Å². The van der Waals surface area contributed by atoms with Crippen LogP contribution in [0.4, 0.5) is 10.8 Å². The second-order valence-corrected chi connectivity index (χ2v) is 7.34. The monoisotopic (exact) mass is 304 g/mol. The summed E-state index contributed by atoms with van der Waals surface area (Å²) in [5.41, 5.74) is 10.9. The van der Waals surface area contributed by atoms with Crippen molar-refractivity contribution >= 4 is 38.1 Å². The Morgan fingerprint density at radius 2 is 2.00 bits per heavy atom. The third kappa shape index (κ3) is 2.81. The van der Waals surface area contributed by atoms with Crippen LogP contribution in [0.25, 0.3) is 0 Å². The molecular weight excluding hydrogens is 288 g/mol. The predicted molar refractivity (Wildman–Crippen MR) is 73.8 cm³/mol. The van der Waals surface area contributed by atoms with Gasteiger partial charge in [-0.05, 0) is 24.4 Å². The van der Waals surface area contributed by atoms with E-state index in [1.807, 2.05) is 4.90 Å². The van der Waals surface area contributed by atoms with Gasteiger partial charge >= 0.3 is 0 Å². The number of amides is 1. The molecule has 19 heavy (non-hydrogen) atoms. The average Bonchev–Trinajstić information content (AvgIpc) is 2.71. The smallest absolute Gasteiger partial charge is 0.220 e. The highest BCUT2D eigenvalue weighted by molar-refractivity contribution is 7.91. The molecule has 1 aliphatic heterocycles. The fourth-order valence-electron chi connectivity index (χ4n) is 2.20. The Morgan fingerprint density at radius 1 is 1.42 bits per heavy atom. The number of carbonyl (C=O) groups is 1. The number of primary amides is 1. The van der Waals surface area contributed by atoms with Crippen LogP contribution in [-0.2, 0) is 14.6 Å². The van der Waals surface area contributed by atoms with Crippen molar-refractivity contribution in [3.05, 3.63) is 0 Å². The van der Waals surface area contributed by atoms with Crippen LogP contribution in [0.5, 0.6) is 0 Å². The number of carbonyl (C=O) groups excluding carboxylic acids is 1. The van der Waals surface area contributed by atoms with Gasteiger partial charge in [0.05, 0.1) is 0 Å². The van der Waals surface area contributed by atoms with E-state index in [1.54, 1.807) is 0 Å². The van der Waals surface area contributed by atoms with Gasteiger partial charge in [0.1, 0.15) is 9.90 Å². The Morgan fingerprint density at radius 3 is 2.47 bits per heavy atom. The summed E-state index contributed by atoms with van der Waals surface area (Å²) in [5.74, 6) is -0.394. The van der Waals surface area contributed by atoms with Crippen LogP contribution in [0.3, 0.4) is 0 Å². The first-order valence-corrected chi connectivity index (χ1v) is 8.46. The number of anilines is 2. The Labute approximate surface area is 115 Å². The predicted octanol–water partition coefficient (Wildman–Crippen LogP) is -0.169. The van der Waals surface area contributed by atoms with Crippen molar-refractivity contribution in [2.75, 3.05) is 30.0 Å². The van der Waals surface area contributed by atoms with Crippen LogP contribution >= 0.6 is 11.5 Å². The number of nitrogens with zero attached hydrogens (tertiary/aromatic N) is 2. The van der Waals surface area contributed by atoms with Crippen molar-refractivity contribution in [2.24, 2.45) is 11.7 Å². The van der Waals surface area contributed by atoms with E-state index in [2.05, 4.69) is 4.37 Å². The van der Waals surface area contributed by atoms with E-state index in [-0.39, 0.29) is 22.5 Å². The number of nitrogen functional groups attached to an aromatic ring is 1. The molecule has 1 aromatic rings. The molecule has 1 aromatic heterocycles. The first kappa shape index (κ1) is 14.1. The average molecular weight is 304 g/mol. The van der Waals surface area contributed by atoms with Gasteiger partial charge in [0.25, 0.3) is 0 Å². The molecular formula is C10H16N4O3S2. The van der Waals surface area contributed by atoms with E-state index in [4.69, 9.17) is 11.5 Å². The zero-order valence-corrected chi connectivity index (χ0v) is 12.1. The molecule has 0 spiro atoms.